The van der Waals surface area contributed by atoms with Crippen LogP contribution in [0.15, 0.2) is 23.2 Å². The number of nitrogens with zero attached hydrogens (tertiary/aromatic N) is 2. The number of hydrogen-bond acceptors (Lipinski definition) is 3. The molecule has 0 spiro atoms. The highest BCUT2D eigenvalue weighted by Gasteiger charge is 2.00. The van der Waals surface area contributed by atoms with Crippen LogP contribution in [-0.2, 0) is 4.79 Å². The Morgan fingerprint density at radius 2 is 2.10 bits per heavy atom. The summed E-state index contributed by atoms with van der Waals surface area (Å²) in [4.78, 5) is 15.1. The molecule has 0 atom stereocenters. The van der Waals surface area contributed by atoms with Crippen LogP contribution in [0.1, 0.15) is 11.1 Å². The number of nitriles is 1. The maximum atomic E-state index is 11.2. The number of aryl methyl sites for hydroxylation is 2. The zero-order chi connectivity index (χ0) is 14.3. The van der Waals surface area contributed by atoms with Gasteiger partial charge in [-0.15, -0.1) is 24.0 Å². The molecular weight excluding hydrogens is 369 g/mol. The number of anilines is 1. The van der Waals surface area contributed by atoms with Crippen molar-refractivity contribution in [1.82, 2.24) is 5.32 Å². The van der Waals surface area contributed by atoms with E-state index in [0.29, 0.717) is 0 Å². The first-order valence-electron chi connectivity index (χ1n) is 5.80. The van der Waals surface area contributed by atoms with Gasteiger partial charge in [0.1, 0.15) is 13.1 Å². The van der Waals surface area contributed by atoms with Crippen LogP contribution in [0.4, 0.5) is 5.69 Å². The molecule has 20 heavy (non-hydrogen) atoms. The van der Waals surface area contributed by atoms with Gasteiger partial charge in [0.2, 0.25) is 5.91 Å². The summed E-state index contributed by atoms with van der Waals surface area (Å²) in [5, 5.41) is 13.6. The van der Waals surface area contributed by atoms with E-state index in [1.165, 1.54) is 5.56 Å². The molecule has 0 radical (unpaired) electrons. The molecule has 0 fully saturated rings. The lowest BCUT2D eigenvalue weighted by Crippen LogP contribution is -2.29. The second-order valence-corrected chi connectivity index (χ2v) is 4.06. The van der Waals surface area contributed by atoms with Gasteiger partial charge in [0.15, 0.2) is 5.96 Å². The van der Waals surface area contributed by atoms with Gasteiger partial charge >= 0.3 is 0 Å². The number of nitrogens with one attached hydrogen (secondary N) is 2. The van der Waals surface area contributed by atoms with Gasteiger partial charge < -0.3 is 16.4 Å². The molecule has 0 aliphatic rings. The molecular formula is C13H18IN5O. The van der Waals surface area contributed by atoms with Crippen molar-refractivity contribution in [2.24, 2.45) is 10.7 Å². The first-order valence-corrected chi connectivity index (χ1v) is 5.80. The van der Waals surface area contributed by atoms with Crippen molar-refractivity contribution in [3.8, 4) is 6.07 Å². The highest BCUT2D eigenvalue weighted by atomic mass is 127. The van der Waals surface area contributed by atoms with Gasteiger partial charge in [-0.1, -0.05) is 6.07 Å². The molecule has 0 saturated carbocycles. The van der Waals surface area contributed by atoms with Crippen LogP contribution in [0.2, 0.25) is 0 Å². The van der Waals surface area contributed by atoms with Gasteiger partial charge in [-0.25, -0.2) is 4.99 Å². The largest absolute Gasteiger partial charge is 0.370 e. The molecule has 0 heterocycles. The van der Waals surface area contributed by atoms with E-state index < -0.39 is 0 Å². The number of rotatable bonds is 4. The summed E-state index contributed by atoms with van der Waals surface area (Å²) in [6, 6.07) is 7.63. The van der Waals surface area contributed by atoms with E-state index in [-0.39, 0.29) is 48.9 Å². The summed E-state index contributed by atoms with van der Waals surface area (Å²) in [5.41, 5.74) is 8.82. The van der Waals surface area contributed by atoms with Gasteiger partial charge in [-0.2, -0.15) is 5.26 Å². The lowest BCUT2D eigenvalue weighted by Gasteiger charge is -2.08. The number of benzene rings is 1. The SMILES string of the molecule is Cc1ccc(NC(N)=NCC(=O)NCC#N)cc1C.I. The third-order valence-electron chi connectivity index (χ3n) is 2.54. The Bertz CT molecular complexity index is 536. The van der Waals surface area contributed by atoms with Crippen LogP contribution >= 0.6 is 24.0 Å². The Labute approximate surface area is 135 Å². The molecule has 0 aromatic heterocycles. The molecule has 0 unspecified atom stereocenters. The Kier molecular flexibility index (Phi) is 8.31. The van der Waals surface area contributed by atoms with E-state index in [9.17, 15) is 4.79 Å². The first-order chi connectivity index (χ1) is 9.02. The highest BCUT2D eigenvalue weighted by molar-refractivity contribution is 14.0. The average Bonchev–Trinajstić information content (AvgIpc) is 2.38. The third-order valence-corrected chi connectivity index (χ3v) is 2.54. The van der Waals surface area contributed by atoms with E-state index in [1.54, 1.807) is 0 Å². The second-order valence-electron chi connectivity index (χ2n) is 4.06. The minimum absolute atomic E-state index is 0. The van der Waals surface area contributed by atoms with Crippen molar-refractivity contribution >= 4 is 41.5 Å². The Balaban J connectivity index is 0.00000361. The summed E-state index contributed by atoms with van der Waals surface area (Å²) in [6.45, 7) is 3.89. The highest BCUT2D eigenvalue weighted by Crippen LogP contribution is 2.13. The fraction of sp³-hybridized carbons (Fsp3) is 0.308. The molecule has 1 aromatic rings. The molecule has 1 rings (SSSR count). The van der Waals surface area contributed by atoms with Crippen LogP contribution < -0.4 is 16.4 Å². The summed E-state index contributed by atoms with van der Waals surface area (Å²) >= 11 is 0. The van der Waals surface area contributed by atoms with E-state index >= 15 is 0 Å². The molecule has 0 bridgehead atoms. The van der Waals surface area contributed by atoms with Crippen molar-refractivity contribution in [1.29, 1.82) is 5.26 Å². The molecule has 0 aliphatic heterocycles. The fourth-order valence-corrected chi connectivity index (χ4v) is 1.36. The van der Waals surface area contributed by atoms with Crippen molar-refractivity contribution in [3.05, 3.63) is 29.3 Å². The van der Waals surface area contributed by atoms with Crippen LogP contribution in [0.5, 0.6) is 0 Å². The standard InChI is InChI=1S/C13H17N5O.HI/c1-9-3-4-11(7-10(9)2)18-13(15)17-8-12(19)16-6-5-14;/h3-4,7H,6,8H2,1-2H3,(H,16,19)(H3,15,17,18);1H. The molecule has 7 heteroatoms. The predicted octanol–water partition coefficient (Wildman–Crippen LogP) is 1.29. The summed E-state index contributed by atoms with van der Waals surface area (Å²) in [7, 11) is 0. The number of carbonyl (C=O) groups excluding carboxylic acids is 1. The maximum Gasteiger partial charge on any atom is 0.242 e. The van der Waals surface area contributed by atoms with Gasteiger partial charge in [0, 0.05) is 5.69 Å². The first kappa shape index (κ1) is 18.2. The van der Waals surface area contributed by atoms with Crippen molar-refractivity contribution < 1.29 is 4.79 Å². The van der Waals surface area contributed by atoms with Crippen molar-refractivity contribution in [2.75, 3.05) is 18.4 Å². The Morgan fingerprint density at radius 1 is 1.40 bits per heavy atom. The van der Waals surface area contributed by atoms with Gasteiger partial charge in [0.05, 0.1) is 6.07 Å². The van der Waals surface area contributed by atoms with Crippen LogP contribution in [0.3, 0.4) is 0 Å². The normalized spacial score (nSPS) is 10.2. The number of aliphatic imine (C=N–C) groups is 1. The minimum Gasteiger partial charge on any atom is -0.370 e. The number of guanidine groups is 1. The molecule has 1 amide bonds. The van der Waals surface area contributed by atoms with E-state index in [0.717, 1.165) is 11.3 Å². The average molecular weight is 387 g/mol. The summed E-state index contributed by atoms with van der Waals surface area (Å²) in [6.07, 6.45) is 0. The summed E-state index contributed by atoms with van der Waals surface area (Å²) < 4.78 is 0. The molecule has 108 valence electrons. The summed E-state index contributed by atoms with van der Waals surface area (Å²) in [5.74, 6) is -0.179. The molecule has 6 nitrogen and oxygen atoms in total. The topological polar surface area (TPSA) is 103 Å². The number of hydrogen-bond donors (Lipinski definition) is 3. The van der Waals surface area contributed by atoms with E-state index in [4.69, 9.17) is 11.0 Å². The monoisotopic (exact) mass is 387 g/mol. The lowest BCUT2D eigenvalue weighted by atomic mass is 10.1. The van der Waals surface area contributed by atoms with Crippen LogP contribution in [0, 0.1) is 25.2 Å². The maximum absolute atomic E-state index is 11.2. The second kappa shape index (κ2) is 9.14. The number of carbonyl (C=O) groups is 1. The number of halogens is 1. The third kappa shape index (κ3) is 6.38. The van der Waals surface area contributed by atoms with Gasteiger partial charge in [-0.3, -0.25) is 4.79 Å². The Hall–Kier alpha value is -1.82. The Morgan fingerprint density at radius 3 is 2.70 bits per heavy atom. The van der Waals surface area contributed by atoms with E-state index in [1.807, 2.05) is 38.1 Å². The van der Waals surface area contributed by atoms with Crippen molar-refractivity contribution in [2.45, 2.75) is 13.8 Å². The van der Waals surface area contributed by atoms with Crippen LogP contribution in [-0.4, -0.2) is 25.0 Å². The van der Waals surface area contributed by atoms with Gasteiger partial charge in [-0.05, 0) is 37.1 Å². The molecule has 1 aromatic carbocycles. The zero-order valence-electron chi connectivity index (χ0n) is 11.4. The molecule has 0 saturated heterocycles. The number of nitrogens with two attached hydrogens (primary N) is 1. The van der Waals surface area contributed by atoms with E-state index in [2.05, 4.69) is 15.6 Å². The van der Waals surface area contributed by atoms with Crippen LogP contribution in [0.25, 0.3) is 0 Å². The molecule has 4 N–H and O–H groups in total. The zero-order valence-corrected chi connectivity index (χ0v) is 13.8. The number of amides is 1. The lowest BCUT2D eigenvalue weighted by molar-refractivity contribution is -0.119. The fourth-order valence-electron chi connectivity index (χ4n) is 1.36. The quantitative estimate of drug-likeness (QED) is 0.314. The minimum atomic E-state index is -0.341. The van der Waals surface area contributed by atoms with Gasteiger partial charge in [0.25, 0.3) is 0 Å². The predicted molar refractivity (Wildman–Crippen MR) is 90.1 cm³/mol. The molecule has 0 aliphatic carbocycles. The smallest absolute Gasteiger partial charge is 0.242 e. The van der Waals surface area contributed by atoms with Crippen molar-refractivity contribution in [3.63, 3.8) is 0 Å².